The van der Waals surface area contributed by atoms with Crippen molar-refractivity contribution in [1.82, 2.24) is 14.1 Å². The molecule has 176 valence electrons. The normalized spacial score (nSPS) is 15.4. The van der Waals surface area contributed by atoms with Crippen LogP contribution in [-0.2, 0) is 13.1 Å². The van der Waals surface area contributed by atoms with E-state index in [4.69, 9.17) is 10.5 Å². The SMILES string of the molecule is COc1cccc(C(=O)Cn2cnc3c(C#N)c(N4CCC(N)C4)n(CC=C(C)C)c3c2=O)c1. The first-order chi connectivity index (χ1) is 16.3. The molecule has 4 rings (SSSR count). The molecule has 0 radical (unpaired) electrons. The first kappa shape index (κ1) is 23.3. The van der Waals surface area contributed by atoms with Crippen LogP contribution >= 0.6 is 0 Å². The number of benzene rings is 1. The molecule has 9 nitrogen and oxygen atoms in total. The zero-order chi connectivity index (χ0) is 24.4. The Morgan fingerprint density at radius 3 is 2.82 bits per heavy atom. The second-order valence-electron chi connectivity index (χ2n) is 8.73. The largest absolute Gasteiger partial charge is 0.497 e. The van der Waals surface area contributed by atoms with E-state index in [9.17, 15) is 14.9 Å². The van der Waals surface area contributed by atoms with E-state index in [0.29, 0.717) is 53.4 Å². The van der Waals surface area contributed by atoms with E-state index in [2.05, 4.69) is 16.0 Å². The summed E-state index contributed by atoms with van der Waals surface area (Å²) in [5, 5.41) is 9.99. The van der Waals surface area contributed by atoms with Gasteiger partial charge in [0.05, 0.1) is 20.0 Å². The van der Waals surface area contributed by atoms with E-state index in [-0.39, 0.29) is 23.9 Å². The van der Waals surface area contributed by atoms with Gasteiger partial charge in [0.1, 0.15) is 34.2 Å². The molecule has 34 heavy (non-hydrogen) atoms. The van der Waals surface area contributed by atoms with E-state index in [1.807, 2.05) is 24.5 Å². The standard InChI is InChI=1S/C25H28N6O3/c1-16(2)7-10-31-23-22(20(12-26)24(31)29-9-8-18(27)13-29)28-15-30(25(23)33)14-21(32)17-5-4-6-19(11-17)34-3/h4-7,11,15,18H,8-10,13-14,27H2,1-3H3. The maximum atomic E-state index is 13.6. The molecule has 1 atom stereocenters. The number of ketones is 1. The first-order valence-corrected chi connectivity index (χ1v) is 11.2. The fourth-order valence-electron chi connectivity index (χ4n) is 4.27. The Hall–Kier alpha value is -3.90. The Morgan fingerprint density at radius 2 is 2.18 bits per heavy atom. The second kappa shape index (κ2) is 9.53. The van der Waals surface area contributed by atoms with Crippen LogP contribution in [0.15, 0.2) is 47.0 Å². The second-order valence-corrected chi connectivity index (χ2v) is 8.73. The predicted molar refractivity (Wildman–Crippen MR) is 130 cm³/mol. The summed E-state index contributed by atoms with van der Waals surface area (Å²) in [6.45, 7) is 5.49. The predicted octanol–water partition coefficient (Wildman–Crippen LogP) is 2.46. The zero-order valence-corrected chi connectivity index (χ0v) is 19.6. The van der Waals surface area contributed by atoms with Crippen molar-refractivity contribution in [3.05, 3.63) is 63.7 Å². The van der Waals surface area contributed by atoms with Gasteiger partial charge in [0, 0.05) is 31.2 Å². The lowest BCUT2D eigenvalue weighted by Gasteiger charge is -2.21. The van der Waals surface area contributed by atoms with Gasteiger partial charge in [-0.25, -0.2) is 4.98 Å². The maximum absolute atomic E-state index is 13.6. The van der Waals surface area contributed by atoms with E-state index in [1.54, 1.807) is 24.3 Å². The molecule has 1 aromatic carbocycles. The summed E-state index contributed by atoms with van der Waals surface area (Å²) >= 11 is 0. The minimum Gasteiger partial charge on any atom is -0.497 e. The Balaban J connectivity index is 1.84. The first-order valence-electron chi connectivity index (χ1n) is 11.2. The minimum atomic E-state index is -0.366. The van der Waals surface area contributed by atoms with E-state index < -0.39 is 0 Å². The van der Waals surface area contributed by atoms with Crippen molar-refractivity contribution in [3.8, 4) is 11.8 Å². The summed E-state index contributed by atoms with van der Waals surface area (Å²) in [6.07, 6.45) is 4.15. The molecule has 0 aliphatic carbocycles. The molecule has 0 bridgehead atoms. The van der Waals surface area contributed by atoms with Gasteiger partial charge in [-0.2, -0.15) is 5.26 Å². The number of nitriles is 1. The summed E-state index contributed by atoms with van der Waals surface area (Å²) in [4.78, 5) is 33.0. The van der Waals surface area contributed by atoms with Crippen LogP contribution in [0, 0.1) is 11.3 Å². The molecule has 0 saturated carbocycles. The summed E-state index contributed by atoms with van der Waals surface area (Å²) in [5.74, 6) is 0.981. The molecule has 0 amide bonds. The molecule has 2 N–H and O–H groups in total. The highest BCUT2D eigenvalue weighted by molar-refractivity contribution is 5.96. The third kappa shape index (κ3) is 4.32. The minimum absolute atomic E-state index is 0.00607. The molecule has 3 heterocycles. The van der Waals surface area contributed by atoms with Crippen molar-refractivity contribution in [2.45, 2.75) is 39.4 Å². The number of anilines is 1. The monoisotopic (exact) mass is 460 g/mol. The Bertz CT molecular complexity index is 1370. The number of aromatic nitrogens is 3. The lowest BCUT2D eigenvalue weighted by molar-refractivity contribution is 0.0970. The van der Waals surface area contributed by atoms with Crippen LogP contribution in [0.4, 0.5) is 5.82 Å². The number of allylic oxidation sites excluding steroid dienone is 2. The lowest BCUT2D eigenvalue weighted by atomic mass is 10.1. The highest BCUT2D eigenvalue weighted by atomic mass is 16.5. The number of rotatable bonds is 7. The van der Waals surface area contributed by atoms with Crippen LogP contribution in [0.3, 0.4) is 0 Å². The summed E-state index contributed by atoms with van der Waals surface area (Å²) in [7, 11) is 1.53. The van der Waals surface area contributed by atoms with Crippen LogP contribution < -0.4 is 20.9 Å². The van der Waals surface area contributed by atoms with Crippen LogP contribution in [0.1, 0.15) is 36.2 Å². The van der Waals surface area contributed by atoms with Crippen molar-refractivity contribution < 1.29 is 9.53 Å². The molecule has 1 fully saturated rings. The van der Waals surface area contributed by atoms with E-state index in [1.165, 1.54) is 18.0 Å². The average molecular weight is 461 g/mol. The number of methoxy groups -OCH3 is 1. The van der Waals surface area contributed by atoms with Gasteiger partial charge in [0.25, 0.3) is 5.56 Å². The van der Waals surface area contributed by atoms with Gasteiger partial charge in [-0.05, 0) is 32.4 Å². The third-order valence-corrected chi connectivity index (χ3v) is 6.02. The molecule has 2 aromatic heterocycles. The fraction of sp³-hybridized carbons (Fsp3) is 0.360. The summed E-state index contributed by atoms with van der Waals surface area (Å²) < 4.78 is 8.33. The van der Waals surface area contributed by atoms with Crippen LogP contribution in [0.2, 0.25) is 0 Å². The molecule has 1 aliphatic heterocycles. The van der Waals surface area contributed by atoms with Gasteiger partial charge in [0.15, 0.2) is 5.78 Å². The van der Waals surface area contributed by atoms with Crippen molar-refractivity contribution in [2.75, 3.05) is 25.1 Å². The Labute approximate surface area is 197 Å². The number of ether oxygens (including phenoxy) is 1. The smallest absolute Gasteiger partial charge is 0.278 e. The average Bonchev–Trinajstić information content (AvgIpc) is 3.39. The van der Waals surface area contributed by atoms with Crippen LogP contribution in [0.5, 0.6) is 5.75 Å². The zero-order valence-electron chi connectivity index (χ0n) is 19.6. The Morgan fingerprint density at radius 1 is 1.38 bits per heavy atom. The lowest BCUT2D eigenvalue weighted by Crippen LogP contribution is -2.29. The Kier molecular flexibility index (Phi) is 6.52. The van der Waals surface area contributed by atoms with E-state index >= 15 is 0 Å². The van der Waals surface area contributed by atoms with Gasteiger partial charge in [-0.15, -0.1) is 0 Å². The molecular weight excluding hydrogens is 432 g/mol. The molecule has 0 spiro atoms. The van der Waals surface area contributed by atoms with Crippen LogP contribution in [-0.4, -0.2) is 46.1 Å². The number of nitrogens with zero attached hydrogens (tertiary/aromatic N) is 5. The van der Waals surface area contributed by atoms with Gasteiger partial charge in [0.2, 0.25) is 0 Å². The number of hydrogen-bond acceptors (Lipinski definition) is 7. The van der Waals surface area contributed by atoms with Gasteiger partial charge in [-0.1, -0.05) is 23.8 Å². The number of Topliss-reactive ketones (excluding diaryl/α,β-unsaturated/α-hetero) is 1. The van der Waals surface area contributed by atoms with Gasteiger partial charge < -0.3 is 19.9 Å². The number of carbonyl (C=O) groups is 1. The highest BCUT2D eigenvalue weighted by Gasteiger charge is 2.29. The van der Waals surface area contributed by atoms with Gasteiger partial charge >= 0.3 is 0 Å². The molecule has 1 aliphatic rings. The number of carbonyl (C=O) groups excluding carboxylic acids is 1. The highest BCUT2D eigenvalue weighted by Crippen LogP contribution is 2.32. The topological polar surface area (TPSA) is 119 Å². The molecule has 3 aromatic rings. The number of nitrogens with two attached hydrogens (primary N) is 1. The maximum Gasteiger partial charge on any atom is 0.278 e. The summed E-state index contributed by atoms with van der Waals surface area (Å²) in [6, 6.07) is 9.06. The molecular formula is C25H28N6O3. The van der Waals surface area contributed by atoms with E-state index in [0.717, 1.165) is 12.0 Å². The fourth-order valence-corrected chi connectivity index (χ4v) is 4.27. The number of hydrogen-bond donors (Lipinski definition) is 1. The molecule has 1 unspecified atom stereocenters. The molecule has 1 saturated heterocycles. The molecule has 9 heteroatoms. The third-order valence-electron chi connectivity index (χ3n) is 6.02. The van der Waals surface area contributed by atoms with Gasteiger partial charge in [-0.3, -0.25) is 14.2 Å². The van der Waals surface area contributed by atoms with Crippen molar-refractivity contribution in [3.63, 3.8) is 0 Å². The number of fused-ring (bicyclic) bond motifs is 1. The van der Waals surface area contributed by atoms with Crippen molar-refractivity contribution in [1.29, 1.82) is 5.26 Å². The summed E-state index contributed by atoms with van der Waals surface area (Å²) in [5.41, 5.74) is 8.30. The van der Waals surface area contributed by atoms with Crippen molar-refractivity contribution in [2.24, 2.45) is 5.73 Å². The quantitative estimate of drug-likeness (QED) is 0.425. The van der Waals surface area contributed by atoms with Crippen LogP contribution in [0.25, 0.3) is 11.0 Å². The van der Waals surface area contributed by atoms with Crippen molar-refractivity contribution >= 4 is 22.6 Å².